The van der Waals surface area contributed by atoms with Crippen LogP contribution in [0.15, 0.2) is 48.7 Å². The number of aromatic nitrogens is 2. The third-order valence-corrected chi connectivity index (χ3v) is 6.55. The molecule has 8 nitrogen and oxygen atoms in total. The Bertz CT molecular complexity index is 1210. The Morgan fingerprint density at radius 3 is 2.86 bits per heavy atom. The fourth-order valence-electron chi connectivity index (χ4n) is 4.64. The Kier molecular flexibility index (Phi) is 9.08. The SMILES string of the molecule is CCOC(=O)CC(Nc1cccc(CCCc2ccc3c(n2)NCCC3)c1C=N)c1ccc(OC)nc1. The molecule has 1 aliphatic heterocycles. The molecule has 3 N–H and O–H groups in total. The minimum atomic E-state index is -0.362. The van der Waals surface area contributed by atoms with Gasteiger partial charge in [-0.15, -0.1) is 0 Å². The highest BCUT2D eigenvalue weighted by molar-refractivity contribution is 5.88. The number of carbonyl (C=O) groups is 1. The van der Waals surface area contributed by atoms with Gasteiger partial charge in [0.05, 0.1) is 26.2 Å². The summed E-state index contributed by atoms with van der Waals surface area (Å²) in [6.45, 7) is 3.10. The van der Waals surface area contributed by atoms with Gasteiger partial charge in [0.2, 0.25) is 5.88 Å². The summed E-state index contributed by atoms with van der Waals surface area (Å²) in [5, 5.41) is 15.0. The van der Waals surface area contributed by atoms with Gasteiger partial charge >= 0.3 is 5.97 Å². The topological polar surface area (TPSA) is 109 Å². The van der Waals surface area contributed by atoms with Gasteiger partial charge in [-0.1, -0.05) is 24.3 Å². The van der Waals surface area contributed by atoms with Crippen LogP contribution in [0.25, 0.3) is 0 Å². The van der Waals surface area contributed by atoms with Gasteiger partial charge in [0.1, 0.15) is 5.82 Å². The number of carbonyl (C=O) groups excluding carboxylic acids is 1. The van der Waals surface area contributed by atoms with Gasteiger partial charge in [0.15, 0.2) is 0 Å². The zero-order valence-corrected chi connectivity index (χ0v) is 21.5. The maximum Gasteiger partial charge on any atom is 0.308 e. The molecule has 0 bridgehead atoms. The Morgan fingerprint density at radius 2 is 2.11 bits per heavy atom. The van der Waals surface area contributed by atoms with Crippen LogP contribution in [-0.2, 0) is 28.8 Å². The maximum absolute atomic E-state index is 12.4. The van der Waals surface area contributed by atoms with Crippen LogP contribution in [0.1, 0.15) is 60.2 Å². The van der Waals surface area contributed by atoms with E-state index in [2.05, 4.69) is 33.8 Å². The van der Waals surface area contributed by atoms with Gasteiger partial charge in [-0.3, -0.25) is 4.79 Å². The molecule has 0 spiro atoms. The van der Waals surface area contributed by atoms with Crippen LogP contribution in [-0.4, -0.2) is 42.4 Å². The summed E-state index contributed by atoms with van der Waals surface area (Å²) in [4.78, 5) is 21.5. The monoisotopic (exact) mass is 501 g/mol. The van der Waals surface area contributed by atoms with Crippen molar-refractivity contribution in [2.75, 3.05) is 30.9 Å². The minimum absolute atomic E-state index is 0.140. The third kappa shape index (κ3) is 6.84. The smallest absolute Gasteiger partial charge is 0.308 e. The molecule has 4 rings (SSSR count). The van der Waals surface area contributed by atoms with E-state index in [0.717, 1.165) is 72.5 Å². The Labute approximate surface area is 218 Å². The largest absolute Gasteiger partial charge is 0.481 e. The average Bonchev–Trinajstić information content (AvgIpc) is 2.93. The number of rotatable bonds is 12. The molecule has 8 heteroatoms. The summed E-state index contributed by atoms with van der Waals surface area (Å²) < 4.78 is 10.4. The van der Waals surface area contributed by atoms with E-state index in [9.17, 15) is 4.79 Å². The molecule has 1 atom stereocenters. The molecule has 194 valence electrons. The number of hydrogen-bond acceptors (Lipinski definition) is 8. The van der Waals surface area contributed by atoms with Gasteiger partial charge in [0.25, 0.3) is 0 Å². The quantitative estimate of drug-likeness (QED) is 0.233. The second kappa shape index (κ2) is 12.9. The first-order valence-electron chi connectivity index (χ1n) is 12.9. The van der Waals surface area contributed by atoms with Crippen molar-refractivity contribution in [1.82, 2.24) is 9.97 Å². The van der Waals surface area contributed by atoms with E-state index in [1.165, 1.54) is 11.8 Å². The van der Waals surface area contributed by atoms with Crippen molar-refractivity contribution in [1.29, 1.82) is 5.41 Å². The first-order valence-corrected chi connectivity index (χ1v) is 12.9. The highest BCUT2D eigenvalue weighted by Crippen LogP contribution is 2.28. The molecule has 0 amide bonds. The molecular weight excluding hydrogens is 466 g/mol. The number of pyridine rings is 2. The van der Waals surface area contributed by atoms with Gasteiger partial charge < -0.3 is 25.5 Å². The molecule has 1 unspecified atom stereocenters. The zero-order valence-electron chi connectivity index (χ0n) is 21.5. The lowest BCUT2D eigenvalue weighted by molar-refractivity contribution is -0.143. The maximum atomic E-state index is 12.4. The Balaban J connectivity index is 1.48. The van der Waals surface area contributed by atoms with E-state index in [1.807, 2.05) is 18.2 Å². The van der Waals surface area contributed by atoms with Crippen molar-refractivity contribution in [2.24, 2.45) is 0 Å². The number of nitrogens with one attached hydrogen (secondary N) is 3. The molecule has 0 saturated heterocycles. The van der Waals surface area contributed by atoms with Gasteiger partial charge in [-0.25, -0.2) is 9.97 Å². The molecule has 0 aliphatic carbocycles. The van der Waals surface area contributed by atoms with Crippen LogP contribution < -0.4 is 15.4 Å². The molecule has 0 radical (unpaired) electrons. The Hall–Kier alpha value is -3.94. The van der Waals surface area contributed by atoms with Crippen LogP contribution in [0.3, 0.4) is 0 Å². The van der Waals surface area contributed by atoms with Crippen LogP contribution in [0.5, 0.6) is 5.88 Å². The molecule has 1 aromatic carbocycles. The van der Waals surface area contributed by atoms with Crippen LogP contribution in [0, 0.1) is 5.41 Å². The fraction of sp³-hybridized carbons (Fsp3) is 0.379. The summed E-state index contributed by atoms with van der Waals surface area (Å²) in [6.07, 6.45) is 8.07. The number of esters is 1. The highest BCUT2D eigenvalue weighted by atomic mass is 16.5. The second-order valence-corrected chi connectivity index (χ2v) is 9.06. The van der Waals surface area contributed by atoms with Gasteiger partial charge in [0, 0.05) is 42.0 Å². The standard InChI is InChI=1S/C29H35N5O3/c1-3-37-28(35)17-26(22-13-15-27(36-2)32-19-22)34-25-11-5-8-20(24(25)18-30)7-4-10-23-14-12-21-9-6-16-31-29(21)33-23/h5,8,11-15,18-19,26,30,34H,3-4,6-7,9-10,16-17H2,1-2H3,(H,31,33). The summed E-state index contributed by atoms with van der Waals surface area (Å²) >= 11 is 0. The first kappa shape index (κ1) is 26.1. The second-order valence-electron chi connectivity index (χ2n) is 9.06. The molecule has 2 aromatic heterocycles. The first-order chi connectivity index (χ1) is 18.1. The van der Waals surface area contributed by atoms with Crippen molar-refractivity contribution in [3.05, 3.63) is 76.6 Å². The number of ether oxygens (including phenoxy) is 2. The third-order valence-electron chi connectivity index (χ3n) is 6.55. The van der Waals surface area contributed by atoms with Gasteiger partial charge in [-0.05, 0) is 67.9 Å². The van der Waals surface area contributed by atoms with E-state index in [1.54, 1.807) is 26.3 Å². The van der Waals surface area contributed by atoms with Crippen LogP contribution >= 0.6 is 0 Å². The molecule has 0 fully saturated rings. The van der Waals surface area contributed by atoms with Crippen molar-refractivity contribution >= 4 is 23.7 Å². The molecule has 1 aliphatic rings. The van der Waals surface area contributed by atoms with Crippen molar-refractivity contribution < 1.29 is 14.3 Å². The number of fused-ring (bicyclic) bond motifs is 1. The van der Waals surface area contributed by atoms with Crippen molar-refractivity contribution in [3.63, 3.8) is 0 Å². The van der Waals surface area contributed by atoms with Crippen molar-refractivity contribution in [3.8, 4) is 5.88 Å². The zero-order chi connectivity index (χ0) is 26.0. The molecule has 3 aromatic rings. The van der Waals surface area contributed by atoms with E-state index in [0.29, 0.717) is 12.5 Å². The summed E-state index contributed by atoms with van der Waals surface area (Å²) in [5.74, 6) is 1.23. The predicted octanol–water partition coefficient (Wildman–Crippen LogP) is 5.12. The highest BCUT2D eigenvalue weighted by Gasteiger charge is 2.20. The van der Waals surface area contributed by atoms with E-state index in [-0.39, 0.29) is 18.4 Å². The number of hydrogen-bond donors (Lipinski definition) is 3. The van der Waals surface area contributed by atoms with E-state index >= 15 is 0 Å². The number of methoxy groups -OCH3 is 1. The summed E-state index contributed by atoms with van der Waals surface area (Å²) in [6, 6.07) is 13.6. The lowest BCUT2D eigenvalue weighted by Gasteiger charge is -2.22. The fourth-order valence-corrected chi connectivity index (χ4v) is 4.64. The number of nitrogens with zero attached hydrogens (tertiary/aromatic N) is 2. The minimum Gasteiger partial charge on any atom is -0.481 e. The van der Waals surface area contributed by atoms with Crippen LogP contribution in [0.4, 0.5) is 11.5 Å². The molecule has 37 heavy (non-hydrogen) atoms. The number of benzene rings is 1. The van der Waals surface area contributed by atoms with E-state index < -0.39 is 0 Å². The molecule has 3 heterocycles. The Morgan fingerprint density at radius 1 is 1.22 bits per heavy atom. The summed E-state index contributed by atoms with van der Waals surface area (Å²) in [5.41, 5.74) is 5.91. The predicted molar refractivity (Wildman–Crippen MR) is 146 cm³/mol. The van der Waals surface area contributed by atoms with Crippen LogP contribution in [0.2, 0.25) is 0 Å². The van der Waals surface area contributed by atoms with Crippen molar-refractivity contribution in [2.45, 2.75) is 51.5 Å². The number of anilines is 2. The van der Waals surface area contributed by atoms with E-state index in [4.69, 9.17) is 19.9 Å². The lowest BCUT2D eigenvalue weighted by atomic mass is 9.98. The van der Waals surface area contributed by atoms with Gasteiger partial charge in [-0.2, -0.15) is 0 Å². The summed E-state index contributed by atoms with van der Waals surface area (Å²) in [7, 11) is 1.57. The molecular formula is C29H35N5O3. The molecule has 0 saturated carbocycles. The number of aryl methyl sites for hydroxylation is 3. The normalized spacial score (nSPS) is 13.1. The lowest BCUT2D eigenvalue weighted by Crippen LogP contribution is -2.18. The average molecular weight is 502 g/mol.